The second-order valence-electron chi connectivity index (χ2n) is 6.27. The van der Waals surface area contributed by atoms with Crippen molar-refractivity contribution in [2.75, 3.05) is 18.4 Å². The van der Waals surface area contributed by atoms with Gasteiger partial charge in [0.1, 0.15) is 11.6 Å². The van der Waals surface area contributed by atoms with Crippen molar-refractivity contribution < 1.29 is 9.53 Å². The number of hydrogen-bond acceptors (Lipinski definition) is 5. The minimum absolute atomic E-state index is 0.101. The van der Waals surface area contributed by atoms with E-state index in [-0.39, 0.29) is 12.0 Å². The summed E-state index contributed by atoms with van der Waals surface area (Å²) in [5.41, 5.74) is 1.12. The molecular formula is C18H20N4O2. The summed E-state index contributed by atoms with van der Waals surface area (Å²) in [6.45, 7) is 1.49. The average molecular weight is 324 g/mol. The third-order valence-corrected chi connectivity index (χ3v) is 4.65. The third kappa shape index (κ3) is 3.04. The molecule has 2 aromatic rings. The number of carbonyl (C=O) groups excluding carboxylic acids is 1. The van der Waals surface area contributed by atoms with E-state index in [9.17, 15) is 4.79 Å². The van der Waals surface area contributed by atoms with Crippen LogP contribution in [0.1, 0.15) is 18.4 Å². The first-order valence-electron chi connectivity index (χ1n) is 8.37. The van der Waals surface area contributed by atoms with Gasteiger partial charge in [-0.15, -0.1) is 5.10 Å². The van der Waals surface area contributed by atoms with Crippen molar-refractivity contribution >= 4 is 11.7 Å². The van der Waals surface area contributed by atoms with Crippen molar-refractivity contribution in [3.63, 3.8) is 0 Å². The molecule has 1 aromatic carbocycles. The van der Waals surface area contributed by atoms with Gasteiger partial charge in [0.2, 0.25) is 0 Å². The lowest BCUT2D eigenvalue weighted by atomic mass is 10.0. The van der Waals surface area contributed by atoms with E-state index in [1.54, 1.807) is 6.20 Å². The van der Waals surface area contributed by atoms with Gasteiger partial charge in [0.05, 0.1) is 0 Å². The molecule has 0 spiro atoms. The van der Waals surface area contributed by atoms with Crippen molar-refractivity contribution in [2.45, 2.75) is 31.4 Å². The first-order valence-corrected chi connectivity index (χ1v) is 8.37. The summed E-state index contributed by atoms with van der Waals surface area (Å²) in [4.78, 5) is 14.6. The number of nitrogens with one attached hydrogen (secondary N) is 1. The highest BCUT2D eigenvalue weighted by atomic mass is 16.5. The molecule has 1 atom stereocenters. The van der Waals surface area contributed by atoms with Gasteiger partial charge >= 0.3 is 0 Å². The molecule has 124 valence electrons. The number of carbonyl (C=O) groups is 1. The van der Waals surface area contributed by atoms with E-state index >= 15 is 0 Å². The lowest BCUT2D eigenvalue weighted by Crippen LogP contribution is -2.47. The monoisotopic (exact) mass is 324 g/mol. The number of amides is 1. The Labute approximate surface area is 140 Å². The Morgan fingerprint density at radius 2 is 2.00 bits per heavy atom. The fraction of sp³-hybridized carbons (Fsp3) is 0.389. The highest BCUT2D eigenvalue weighted by Gasteiger charge is 2.33. The molecule has 1 saturated heterocycles. The minimum atomic E-state index is -0.369. The Bertz CT molecular complexity index is 689. The van der Waals surface area contributed by atoms with E-state index in [0.717, 1.165) is 43.1 Å². The van der Waals surface area contributed by atoms with Crippen LogP contribution in [0.2, 0.25) is 0 Å². The molecule has 1 aromatic heterocycles. The molecule has 2 aliphatic heterocycles. The van der Waals surface area contributed by atoms with E-state index in [1.807, 2.05) is 41.3 Å². The van der Waals surface area contributed by atoms with Crippen LogP contribution in [0.4, 0.5) is 5.82 Å². The first-order chi connectivity index (χ1) is 11.8. The zero-order valence-corrected chi connectivity index (χ0v) is 13.4. The van der Waals surface area contributed by atoms with Crippen LogP contribution in [0.5, 0.6) is 5.75 Å². The van der Waals surface area contributed by atoms with E-state index in [4.69, 9.17) is 4.74 Å². The fourth-order valence-electron chi connectivity index (χ4n) is 3.36. The number of para-hydroxylation sites is 1. The molecule has 1 amide bonds. The van der Waals surface area contributed by atoms with Crippen molar-refractivity contribution in [2.24, 2.45) is 0 Å². The Morgan fingerprint density at radius 1 is 1.17 bits per heavy atom. The molecule has 0 aliphatic carbocycles. The predicted octanol–water partition coefficient (Wildman–Crippen LogP) is 1.88. The number of piperidine rings is 1. The number of likely N-dealkylation sites (tertiary alicyclic amines) is 1. The predicted molar refractivity (Wildman–Crippen MR) is 89.8 cm³/mol. The van der Waals surface area contributed by atoms with Crippen LogP contribution >= 0.6 is 0 Å². The number of rotatable bonds is 3. The van der Waals surface area contributed by atoms with E-state index < -0.39 is 0 Å². The lowest BCUT2D eigenvalue weighted by molar-refractivity contribution is -0.138. The number of ether oxygens (including phenoxy) is 1. The summed E-state index contributed by atoms with van der Waals surface area (Å²) in [5.74, 6) is 1.73. The topological polar surface area (TPSA) is 67.3 Å². The van der Waals surface area contributed by atoms with Gasteiger partial charge in [-0.05, 0) is 36.6 Å². The largest absolute Gasteiger partial charge is 0.480 e. The van der Waals surface area contributed by atoms with E-state index in [2.05, 4.69) is 15.5 Å². The molecular weight excluding hydrogens is 304 g/mol. The maximum atomic E-state index is 12.7. The number of aromatic nitrogens is 2. The summed E-state index contributed by atoms with van der Waals surface area (Å²) in [7, 11) is 0. The van der Waals surface area contributed by atoms with E-state index in [0.29, 0.717) is 12.5 Å². The van der Waals surface area contributed by atoms with Gasteiger partial charge in [0.25, 0.3) is 5.91 Å². The molecule has 1 N–H and O–H groups in total. The van der Waals surface area contributed by atoms with Crippen molar-refractivity contribution in [1.29, 1.82) is 0 Å². The molecule has 24 heavy (non-hydrogen) atoms. The average Bonchev–Trinajstić information content (AvgIpc) is 3.07. The van der Waals surface area contributed by atoms with Crippen LogP contribution in [0.3, 0.4) is 0 Å². The molecule has 6 heteroatoms. The Balaban J connectivity index is 1.31. The van der Waals surface area contributed by atoms with Gasteiger partial charge in [-0.3, -0.25) is 4.79 Å². The minimum Gasteiger partial charge on any atom is -0.480 e. The molecule has 0 bridgehead atoms. The molecule has 4 rings (SSSR count). The number of hydrogen-bond donors (Lipinski definition) is 1. The van der Waals surface area contributed by atoms with Crippen molar-refractivity contribution in [1.82, 2.24) is 15.1 Å². The SMILES string of the molecule is O=C([C@H]1Cc2ccccc2O1)N1CCC(Nc2cccnn2)CC1. The Morgan fingerprint density at radius 3 is 2.75 bits per heavy atom. The zero-order valence-electron chi connectivity index (χ0n) is 13.4. The normalized spacial score (nSPS) is 20.3. The van der Waals surface area contributed by atoms with Crippen LogP contribution < -0.4 is 10.1 Å². The summed E-state index contributed by atoms with van der Waals surface area (Å²) in [6.07, 6.45) is 3.77. The summed E-state index contributed by atoms with van der Waals surface area (Å²) in [6, 6.07) is 12.0. The second kappa shape index (κ2) is 6.47. The standard InChI is InChI=1S/C18H20N4O2/c23-18(16-12-13-4-1-2-5-15(13)24-16)22-10-7-14(8-11-22)20-17-6-3-9-19-21-17/h1-6,9,14,16H,7-8,10-12H2,(H,20,21)/t16-/m1/s1. The van der Waals surface area contributed by atoms with E-state index in [1.165, 1.54) is 0 Å². The maximum absolute atomic E-state index is 12.7. The molecule has 1 fully saturated rings. The van der Waals surface area contributed by atoms with Gasteiger partial charge in [-0.25, -0.2) is 0 Å². The Hall–Kier alpha value is -2.63. The van der Waals surface area contributed by atoms with Gasteiger partial charge in [-0.1, -0.05) is 18.2 Å². The highest BCUT2D eigenvalue weighted by molar-refractivity contribution is 5.82. The summed E-state index contributed by atoms with van der Waals surface area (Å²) >= 11 is 0. The molecule has 0 unspecified atom stereocenters. The van der Waals surface area contributed by atoms with Gasteiger partial charge < -0.3 is 15.0 Å². The van der Waals surface area contributed by atoms with Crippen molar-refractivity contribution in [3.05, 3.63) is 48.2 Å². The number of nitrogens with zero attached hydrogens (tertiary/aromatic N) is 3. The van der Waals surface area contributed by atoms with Gasteiger partial charge in [0, 0.05) is 31.7 Å². The van der Waals surface area contributed by atoms with Crippen LogP contribution in [0.15, 0.2) is 42.6 Å². The third-order valence-electron chi connectivity index (χ3n) is 4.65. The smallest absolute Gasteiger partial charge is 0.263 e. The number of fused-ring (bicyclic) bond motifs is 1. The summed E-state index contributed by atoms with van der Waals surface area (Å²) < 4.78 is 5.82. The zero-order chi connectivity index (χ0) is 16.4. The molecule has 2 aliphatic rings. The van der Waals surface area contributed by atoms with Crippen LogP contribution in [-0.2, 0) is 11.2 Å². The van der Waals surface area contributed by atoms with Gasteiger partial charge in [0.15, 0.2) is 6.10 Å². The molecule has 0 saturated carbocycles. The highest BCUT2D eigenvalue weighted by Crippen LogP contribution is 2.29. The molecule has 6 nitrogen and oxygen atoms in total. The van der Waals surface area contributed by atoms with Gasteiger partial charge in [-0.2, -0.15) is 5.10 Å². The number of anilines is 1. The Kier molecular flexibility index (Phi) is 4.02. The fourth-order valence-corrected chi connectivity index (χ4v) is 3.36. The first kappa shape index (κ1) is 14.9. The number of benzene rings is 1. The van der Waals surface area contributed by atoms with Crippen molar-refractivity contribution in [3.8, 4) is 5.75 Å². The van der Waals surface area contributed by atoms with Crippen LogP contribution in [-0.4, -0.2) is 46.2 Å². The summed E-state index contributed by atoms with van der Waals surface area (Å²) in [5, 5.41) is 11.3. The molecule has 0 radical (unpaired) electrons. The second-order valence-corrected chi connectivity index (χ2v) is 6.27. The van der Waals surface area contributed by atoms with Crippen LogP contribution in [0.25, 0.3) is 0 Å². The maximum Gasteiger partial charge on any atom is 0.263 e. The quantitative estimate of drug-likeness (QED) is 0.934. The lowest BCUT2D eigenvalue weighted by Gasteiger charge is -2.33. The molecule has 3 heterocycles. The van der Waals surface area contributed by atoms with Crippen LogP contribution in [0, 0.1) is 0 Å².